The quantitative estimate of drug-likeness (QED) is 0.856. The monoisotopic (exact) mass is 239 g/mol. The van der Waals surface area contributed by atoms with Crippen molar-refractivity contribution < 1.29 is 4.74 Å². The van der Waals surface area contributed by atoms with Crippen LogP contribution >= 0.6 is 11.6 Å². The molecule has 1 aromatic carbocycles. The van der Waals surface area contributed by atoms with Gasteiger partial charge in [0.2, 0.25) is 0 Å². The lowest BCUT2D eigenvalue weighted by atomic mass is 9.89. The van der Waals surface area contributed by atoms with Crippen LogP contribution in [0.5, 0.6) is 5.75 Å². The summed E-state index contributed by atoms with van der Waals surface area (Å²) in [6.07, 6.45) is 2.32. The first-order valence-electron chi connectivity index (χ1n) is 5.77. The Kier molecular flexibility index (Phi) is 3.72. The lowest BCUT2D eigenvalue weighted by Gasteiger charge is -2.24. The highest BCUT2D eigenvalue weighted by Crippen LogP contribution is 2.38. The van der Waals surface area contributed by atoms with Gasteiger partial charge in [-0.25, -0.2) is 0 Å². The average molecular weight is 240 g/mol. The van der Waals surface area contributed by atoms with Gasteiger partial charge < -0.3 is 10.1 Å². The van der Waals surface area contributed by atoms with Crippen LogP contribution < -0.4 is 10.1 Å². The third-order valence-corrected chi connectivity index (χ3v) is 3.70. The second-order valence-corrected chi connectivity index (χ2v) is 4.72. The number of methoxy groups -OCH3 is 1. The number of halogens is 1. The zero-order valence-electron chi connectivity index (χ0n) is 9.85. The normalized spacial score (nSPS) is 17.4. The number of aryl methyl sites for hydroxylation is 1. The molecule has 0 aromatic heterocycles. The van der Waals surface area contributed by atoms with Gasteiger partial charge in [-0.1, -0.05) is 23.7 Å². The molecule has 0 bridgehead atoms. The van der Waals surface area contributed by atoms with Gasteiger partial charge >= 0.3 is 0 Å². The Morgan fingerprint density at radius 3 is 2.62 bits per heavy atom. The van der Waals surface area contributed by atoms with Crippen LogP contribution in [0, 0.1) is 6.92 Å². The first kappa shape index (κ1) is 11.7. The van der Waals surface area contributed by atoms with Crippen LogP contribution in [-0.2, 0) is 0 Å². The number of ether oxygens (including phenoxy) is 1. The van der Waals surface area contributed by atoms with E-state index in [0.29, 0.717) is 5.92 Å². The molecule has 16 heavy (non-hydrogen) atoms. The molecule has 1 fully saturated rings. The molecule has 1 heterocycles. The van der Waals surface area contributed by atoms with E-state index in [-0.39, 0.29) is 0 Å². The molecule has 0 saturated carbocycles. The summed E-state index contributed by atoms with van der Waals surface area (Å²) in [6, 6.07) is 4.25. The van der Waals surface area contributed by atoms with Crippen LogP contribution in [-0.4, -0.2) is 20.2 Å². The first-order valence-corrected chi connectivity index (χ1v) is 6.15. The van der Waals surface area contributed by atoms with Crippen molar-refractivity contribution in [2.75, 3.05) is 20.2 Å². The standard InChI is InChI=1S/C13H18ClNO/c1-9-3-4-11(12(14)13(9)16-2)10-5-7-15-8-6-10/h3-4,10,15H,5-8H2,1-2H3. The minimum atomic E-state index is 0.572. The Bertz CT molecular complexity index is 372. The molecule has 0 unspecified atom stereocenters. The summed E-state index contributed by atoms with van der Waals surface area (Å²) in [6.45, 7) is 4.19. The highest BCUT2D eigenvalue weighted by molar-refractivity contribution is 6.33. The summed E-state index contributed by atoms with van der Waals surface area (Å²) in [5.74, 6) is 1.40. The molecule has 0 atom stereocenters. The predicted molar refractivity (Wildman–Crippen MR) is 67.6 cm³/mol. The molecule has 1 saturated heterocycles. The molecule has 2 nitrogen and oxygen atoms in total. The lowest BCUT2D eigenvalue weighted by Crippen LogP contribution is -2.26. The highest BCUT2D eigenvalue weighted by atomic mass is 35.5. The van der Waals surface area contributed by atoms with Crippen LogP contribution in [0.2, 0.25) is 5.02 Å². The summed E-state index contributed by atoms with van der Waals surface area (Å²) >= 11 is 6.40. The Morgan fingerprint density at radius 1 is 1.31 bits per heavy atom. The molecule has 88 valence electrons. The number of nitrogens with one attached hydrogen (secondary N) is 1. The average Bonchev–Trinajstić information content (AvgIpc) is 2.31. The molecule has 0 aliphatic carbocycles. The zero-order chi connectivity index (χ0) is 11.5. The Labute approximate surface area is 102 Å². The summed E-state index contributed by atoms with van der Waals surface area (Å²) in [7, 11) is 1.68. The number of benzene rings is 1. The van der Waals surface area contributed by atoms with Crippen LogP contribution in [0.15, 0.2) is 12.1 Å². The topological polar surface area (TPSA) is 21.3 Å². The van der Waals surface area contributed by atoms with Crippen molar-refractivity contribution in [2.45, 2.75) is 25.7 Å². The van der Waals surface area contributed by atoms with E-state index in [1.54, 1.807) is 7.11 Å². The third-order valence-electron chi connectivity index (χ3n) is 3.31. The van der Waals surface area contributed by atoms with E-state index in [9.17, 15) is 0 Å². The third kappa shape index (κ3) is 2.18. The van der Waals surface area contributed by atoms with Gasteiger partial charge in [-0.3, -0.25) is 0 Å². The van der Waals surface area contributed by atoms with Gasteiger partial charge in [-0.05, 0) is 49.9 Å². The van der Waals surface area contributed by atoms with Crippen molar-refractivity contribution in [3.8, 4) is 5.75 Å². The fourth-order valence-electron chi connectivity index (χ4n) is 2.37. The van der Waals surface area contributed by atoms with Crippen molar-refractivity contribution in [2.24, 2.45) is 0 Å². The van der Waals surface area contributed by atoms with E-state index < -0.39 is 0 Å². The molecular weight excluding hydrogens is 222 g/mol. The van der Waals surface area contributed by atoms with Gasteiger partial charge in [0.05, 0.1) is 12.1 Å². The van der Waals surface area contributed by atoms with Crippen molar-refractivity contribution >= 4 is 11.6 Å². The van der Waals surface area contributed by atoms with Gasteiger partial charge in [0.25, 0.3) is 0 Å². The largest absolute Gasteiger partial charge is 0.495 e. The van der Waals surface area contributed by atoms with E-state index in [2.05, 4.69) is 17.4 Å². The van der Waals surface area contributed by atoms with Crippen LogP contribution in [0.1, 0.15) is 29.9 Å². The van der Waals surface area contributed by atoms with Crippen LogP contribution in [0.4, 0.5) is 0 Å². The van der Waals surface area contributed by atoms with E-state index in [1.165, 1.54) is 5.56 Å². The second-order valence-electron chi connectivity index (χ2n) is 4.34. The Balaban J connectivity index is 2.33. The van der Waals surface area contributed by atoms with Gasteiger partial charge in [0, 0.05) is 0 Å². The van der Waals surface area contributed by atoms with Gasteiger partial charge in [-0.15, -0.1) is 0 Å². The van der Waals surface area contributed by atoms with E-state index >= 15 is 0 Å². The maximum Gasteiger partial charge on any atom is 0.140 e. The molecule has 0 spiro atoms. The summed E-state index contributed by atoms with van der Waals surface area (Å²) in [4.78, 5) is 0. The SMILES string of the molecule is COc1c(C)ccc(C2CCNCC2)c1Cl. The van der Waals surface area contributed by atoms with E-state index in [4.69, 9.17) is 16.3 Å². The van der Waals surface area contributed by atoms with Crippen LogP contribution in [0.3, 0.4) is 0 Å². The minimum Gasteiger partial charge on any atom is -0.495 e. The van der Waals surface area contributed by atoms with Gasteiger partial charge in [0.1, 0.15) is 5.75 Å². The number of hydrogen-bond donors (Lipinski definition) is 1. The molecule has 1 aliphatic heterocycles. The smallest absolute Gasteiger partial charge is 0.140 e. The number of rotatable bonds is 2. The summed E-state index contributed by atoms with van der Waals surface area (Å²) in [5.41, 5.74) is 2.34. The van der Waals surface area contributed by atoms with Gasteiger partial charge in [-0.2, -0.15) is 0 Å². The zero-order valence-corrected chi connectivity index (χ0v) is 10.6. The van der Waals surface area contributed by atoms with E-state index in [0.717, 1.165) is 42.3 Å². The lowest BCUT2D eigenvalue weighted by molar-refractivity contribution is 0.408. The van der Waals surface area contributed by atoms with Gasteiger partial charge in [0.15, 0.2) is 0 Å². The molecule has 2 rings (SSSR count). The molecular formula is C13H18ClNO. The Hall–Kier alpha value is -0.730. The maximum atomic E-state index is 6.40. The second kappa shape index (κ2) is 5.07. The minimum absolute atomic E-state index is 0.572. The first-order chi connectivity index (χ1) is 7.74. The summed E-state index contributed by atoms with van der Waals surface area (Å²) < 4.78 is 5.36. The fourth-order valence-corrected chi connectivity index (χ4v) is 2.81. The molecule has 0 radical (unpaired) electrons. The van der Waals surface area contributed by atoms with Crippen molar-refractivity contribution in [3.63, 3.8) is 0 Å². The summed E-state index contributed by atoms with van der Waals surface area (Å²) in [5, 5.41) is 4.17. The maximum absolute atomic E-state index is 6.40. The molecule has 0 amide bonds. The molecule has 1 aliphatic rings. The molecule has 1 N–H and O–H groups in total. The Morgan fingerprint density at radius 2 is 2.00 bits per heavy atom. The number of piperidine rings is 1. The highest BCUT2D eigenvalue weighted by Gasteiger charge is 2.20. The van der Waals surface area contributed by atoms with Crippen molar-refractivity contribution in [3.05, 3.63) is 28.3 Å². The molecule has 3 heteroatoms. The van der Waals surface area contributed by atoms with Crippen LogP contribution in [0.25, 0.3) is 0 Å². The number of hydrogen-bond acceptors (Lipinski definition) is 2. The fraction of sp³-hybridized carbons (Fsp3) is 0.538. The van der Waals surface area contributed by atoms with Crippen molar-refractivity contribution in [1.29, 1.82) is 0 Å². The van der Waals surface area contributed by atoms with E-state index in [1.807, 2.05) is 6.92 Å². The molecule has 1 aromatic rings. The van der Waals surface area contributed by atoms with Crippen molar-refractivity contribution in [1.82, 2.24) is 5.32 Å². The predicted octanol–water partition coefficient (Wildman–Crippen LogP) is 3.12.